The van der Waals surface area contributed by atoms with Gasteiger partial charge < -0.3 is 0 Å². The predicted molar refractivity (Wildman–Crippen MR) is 56.7 cm³/mol. The Labute approximate surface area is 100.0 Å². The van der Waals surface area contributed by atoms with Crippen LogP contribution in [0.4, 0.5) is 0 Å². The minimum atomic E-state index is -0.615. The Morgan fingerprint density at radius 2 is 0.917 bits per heavy atom. The SMILES string of the molecule is ClC1=C(Cl)C(Cl)C(Cl)C(Cl)=C1Cl. The van der Waals surface area contributed by atoms with Crippen molar-refractivity contribution in [1.82, 2.24) is 0 Å². The van der Waals surface area contributed by atoms with Crippen LogP contribution in [0.25, 0.3) is 0 Å². The molecule has 1 rings (SSSR count). The molecule has 0 saturated carbocycles. The van der Waals surface area contributed by atoms with Crippen molar-refractivity contribution < 1.29 is 0 Å². The molecule has 0 aromatic heterocycles. The minimum absolute atomic E-state index is 0.167. The largest absolute Gasteiger partial charge is 0.115 e. The Morgan fingerprint density at radius 1 is 0.667 bits per heavy atom. The molecule has 12 heavy (non-hydrogen) atoms. The number of hydrogen-bond acceptors (Lipinski definition) is 0. The zero-order valence-electron chi connectivity index (χ0n) is 5.42. The van der Waals surface area contributed by atoms with Gasteiger partial charge in [0.25, 0.3) is 0 Å². The third kappa shape index (κ3) is 1.84. The minimum Gasteiger partial charge on any atom is -0.115 e. The van der Waals surface area contributed by atoms with Gasteiger partial charge in [-0.2, -0.15) is 0 Å². The van der Waals surface area contributed by atoms with Crippen molar-refractivity contribution in [2.75, 3.05) is 0 Å². The molecule has 6 heteroatoms. The summed E-state index contributed by atoms with van der Waals surface area (Å²) in [5.41, 5.74) is 0. The molecule has 0 saturated heterocycles. The van der Waals surface area contributed by atoms with Crippen LogP contribution < -0.4 is 0 Å². The first-order chi connectivity index (χ1) is 5.46. The van der Waals surface area contributed by atoms with E-state index in [4.69, 9.17) is 69.6 Å². The molecule has 0 aliphatic heterocycles. The van der Waals surface area contributed by atoms with Crippen molar-refractivity contribution in [3.63, 3.8) is 0 Å². The van der Waals surface area contributed by atoms with Crippen LogP contribution >= 0.6 is 69.6 Å². The first kappa shape index (κ1) is 11.3. The highest BCUT2D eigenvalue weighted by atomic mass is 35.5. The quantitative estimate of drug-likeness (QED) is 0.571. The summed E-state index contributed by atoms with van der Waals surface area (Å²) in [7, 11) is 0. The third-order valence-corrected chi connectivity index (χ3v) is 4.57. The van der Waals surface area contributed by atoms with Gasteiger partial charge in [0.1, 0.15) is 0 Å². The summed E-state index contributed by atoms with van der Waals surface area (Å²) in [5.74, 6) is 0. The molecular formula is C6H2Cl6. The summed E-state index contributed by atoms with van der Waals surface area (Å²) in [5, 5.41) is -0.437. The highest BCUT2D eigenvalue weighted by Gasteiger charge is 2.32. The van der Waals surface area contributed by atoms with Crippen molar-refractivity contribution >= 4 is 69.6 Å². The van der Waals surface area contributed by atoms with E-state index in [9.17, 15) is 0 Å². The van der Waals surface area contributed by atoms with Gasteiger partial charge in [0, 0.05) is 0 Å². The maximum absolute atomic E-state index is 5.79. The summed E-state index contributed by atoms with van der Waals surface area (Å²) < 4.78 is 0. The number of alkyl halides is 2. The van der Waals surface area contributed by atoms with Gasteiger partial charge in [-0.1, -0.05) is 46.4 Å². The number of allylic oxidation sites excluding steroid dienone is 4. The van der Waals surface area contributed by atoms with Crippen LogP contribution in [0.15, 0.2) is 20.1 Å². The van der Waals surface area contributed by atoms with E-state index >= 15 is 0 Å². The van der Waals surface area contributed by atoms with E-state index in [1.807, 2.05) is 0 Å². The number of rotatable bonds is 0. The van der Waals surface area contributed by atoms with Gasteiger partial charge in [0.15, 0.2) is 0 Å². The lowest BCUT2D eigenvalue weighted by Crippen LogP contribution is -2.21. The predicted octanol–water partition coefficient (Wildman–Crippen LogP) is 4.59. The van der Waals surface area contributed by atoms with Crippen LogP contribution in [0.3, 0.4) is 0 Å². The normalized spacial score (nSPS) is 31.5. The van der Waals surface area contributed by atoms with E-state index in [1.54, 1.807) is 0 Å². The van der Waals surface area contributed by atoms with E-state index < -0.39 is 10.8 Å². The monoisotopic (exact) mass is 284 g/mol. The molecular weight excluding hydrogens is 285 g/mol. The molecule has 0 nitrogen and oxygen atoms in total. The standard InChI is InChI=1S/C6H2Cl6/c7-1-2(8)4(10)6(12)5(11)3(1)9/h1-2H. The zero-order chi connectivity index (χ0) is 9.46. The average molecular weight is 287 g/mol. The van der Waals surface area contributed by atoms with E-state index in [2.05, 4.69) is 0 Å². The van der Waals surface area contributed by atoms with Crippen molar-refractivity contribution in [2.24, 2.45) is 0 Å². The van der Waals surface area contributed by atoms with Crippen molar-refractivity contribution in [2.45, 2.75) is 10.8 Å². The number of halogens is 6. The first-order valence-corrected chi connectivity index (χ1v) is 5.24. The average Bonchev–Trinajstić information content (AvgIpc) is 2.08. The highest BCUT2D eigenvalue weighted by molar-refractivity contribution is 6.55. The van der Waals surface area contributed by atoms with E-state index in [0.717, 1.165) is 0 Å². The van der Waals surface area contributed by atoms with Crippen LogP contribution in [-0.4, -0.2) is 10.8 Å². The summed E-state index contributed by atoms with van der Waals surface area (Å²) in [6.07, 6.45) is 0. The Morgan fingerprint density at radius 3 is 1.17 bits per heavy atom. The van der Waals surface area contributed by atoms with Gasteiger partial charge in [-0.05, 0) is 0 Å². The molecule has 1 aliphatic carbocycles. The smallest absolute Gasteiger partial charge is 0.0921 e. The Balaban J connectivity index is 3.18. The fraction of sp³-hybridized carbons (Fsp3) is 0.333. The molecule has 0 bridgehead atoms. The van der Waals surface area contributed by atoms with Gasteiger partial charge >= 0.3 is 0 Å². The molecule has 0 heterocycles. The maximum atomic E-state index is 5.79. The van der Waals surface area contributed by atoms with Crippen LogP contribution in [0, 0.1) is 0 Å². The van der Waals surface area contributed by atoms with Gasteiger partial charge in [-0.3, -0.25) is 0 Å². The van der Waals surface area contributed by atoms with Crippen molar-refractivity contribution in [3.05, 3.63) is 20.1 Å². The van der Waals surface area contributed by atoms with Gasteiger partial charge in [-0.25, -0.2) is 0 Å². The van der Waals surface area contributed by atoms with E-state index in [1.165, 1.54) is 0 Å². The summed E-state index contributed by atoms with van der Waals surface area (Å²) >= 11 is 34.4. The zero-order valence-corrected chi connectivity index (χ0v) is 9.96. The Hall–Kier alpha value is 1.22. The van der Waals surface area contributed by atoms with Crippen LogP contribution in [0.1, 0.15) is 0 Å². The Kier molecular flexibility index (Phi) is 3.92. The second kappa shape index (κ2) is 4.16. The molecule has 0 aromatic carbocycles. The molecule has 0 fully saturated rings. The summed E-state index contributed by atoms with van der Waals surface area (Å²) in [4.78, 5) is 0. The van der Waals surface area contributed by atoms with E-state index in [-0.39, 0.29) is 20.1 Å². The maximum Gasteiger partial charge on any atom is 0.0921 e. The van der Waals surface area contributed by atoms with Crippen molar-refractivity contribution in [3.8, 4) is 0 Å². The van der Waals surface area contributed by atoms with Gasteiger partial charge in [0.2, 0.25) is 0 Å². The summed E-state index contributed by atoms with van der Waals surface area (Å²) in [6, 6.07) is 0. The van der Waals surface area contributed by atoms with Crippen molar-refractivity contribution in [1.29, 1.82) is 0 Å². The molecule has 2 atom stereocenters. The fourth-order valence-electron chi connectivity index (χ4n) is 0.709. The third-order valence-electron chi connectivity index (χ3n) is 1.35. The lowest BCUT2D eigenvalue weighted by Gasteiger charge is -2.22. The van der Waals surface area contributed by atoms with E-state index in [0.29, 0.717) is 0 Å². The topological polar surface area (TPSA) is 0 Å². The highest BCUT2D eigenvalue weighted by Crippen LogP contribution is 2.43. The fourth-order valence-corrected chi connectivity index (χ4v) is 2.40. The lowest BCUT2D eigenvalue weighted by molar-refractivity contribution is 1.00. The molecule has 0 radical (unpaired) electrons. The molecule has 0 N–H and O–H groups in total. The van der Waals surface area contributed by atoms with Gasteiger partial charge in [0.05, 0.1) is 30.9 Å². The molecule has 2 unspecified atom stereocenters. The second-order valence-corrected chi connectivity index (χ2v) is 4.64. The molecule has 0 spiro atoms. The molecule has 1 aliphatic rings. The summed E-state index contributed by atoms with van der Waals surface area (Å²) in [6.45, 7) is 0. The number of hydrogen-bond donors (Lipinski definition) is 0. The van der Waals surface area contributed by atoms with Crippen LogP contribution in [0.5, 0.6) is 0 Å². The van der Waals surface area contributed by atoms with Gasteiger partial charge in [-0.15, -0.1) is 23.2 Å². The van der Waals surface area contributed by atoms with Crippen LogP contribution in [0.2, 0.25) is 0 Å². The lowest BCUT2D eigenvalue weighted by atomic mass is 10.1. The first-order valence-electron chi connectivity index (χ1n) is 2.85. The molecule has 0 amide bonds. The molecule has 68 valence electrons. The van der Waals surface area contributed by atoms with Crippen LogP contribution in [-0.2, 0) is 0 Å². The Bertz CT molecular complexity index is 237. The second-order valence-electron chi connectivity index (χ2n) is 2.13. The molecule has 0 aromatic rings.